The second kappa shape index (κ2) is 25.7. The van der Waals surface area contributed by atoms with Crippen LogP contribution in [-0.2, 0) is 31.6 Å². The second-order valence-electron chi connectivity index (χ2n) is 6.71. The molecule has 0 aliphatic carbocycles. The normalized spacial score (nSPS) is 10.9. The van der Waals surface area contributed by atoms with Crippen molar-refractivity contribution in [2.45, 2.75) is 32.1 Å². The molecule has 11 heteroatoms. The van der Waals surface area contributed by atoms with Crippen molar-refractivity contribution in [3.05, 3.63) is 0 Å². The number of carbonyl (C=O) groups excluding carboxylic acids is 2. The summed E-state index contributed by atoms with van der Waals surface area (Å²) in [5.74, 6) is -0.247. The van der Waals surface area contributed by atoms with Crippen molar-refractivity contribution in [3.8, 4) is 0 Å². The Morgan fingerprint density at radius 1 is 0.613 bits per heavy atom. The van der Waals surface area contributed by atoms with Gasteiger partial charge in [-0.2, -0.15) is 0 Å². The van der Waals surface area contributed by atoms with Gasteiger partial charge in [0.05, 0.1) is 39.6 Å². The highest BCUT2D eigenvalue weighted by Crippen LogP contribution is 1.99. The topological polar surface area (TPSA) is 116 Å². The summed E-state index contributed by atoms with van der Waals surface area (Å²) in [4.78, 5) is 23.1. The van der Waals surface area contributed by atoms with Crippen LogP contribution < -0.4 is 16.0 Å². The summed E-state index contributed by atoms with van der Waals surface area (Å²) in [5.41, 5.74) is 0. The molecule has 10 nitrogen and oxygen atoms in total. The molecular formula is C20H40IN3O7. The minimum absolute atomic E-state index is 0.0281. The van der Waals surface area contributed by atoms with Crippen molar-refractivity contribution in [3.63, 3.8) is 0 Å². The van der Waals surface area contributed by atoms with E-state index in [1.807, 2.05) is 30.1 Å². The Bertz CT molecular complexity index is 420. The summed E-state index contributed by atoms with van der Waals surface area (Å²) in [6.45, 7) is 5.64. The molecule has 0 unspecified atom stereocenters. The van der Waals surface area contributed by atoms with E-state index < -0.39 is 0 Å². The van der Waals surface area contributed by atoms with Crippen LogP contribution in [0.4, 0.5) is 0 Å². The van der Waals surface area contributed by atoms with E-state index in [9.17, 15) is 9.59 Å². The van der Waals surface area contributed by atoms with E-state index >= 15 is 0 Å². The molecule has 0 fully saturated rings. The van der Waals surface area contributed by atoms with Crippen LogP contribution in [-0.4, -0.2) is 98.0 Å². The van der Waals surface area contributed by atoms with Crippen LogP contribution in [0.5, 0.6) is 0 Å². The van der Waals surface area contributed by atoms with Crippen molar-refractivity contribution in [2.75, 3.05) is 86.1 Å². The van der Waals surface area contributed by atoms with Crippen LogP contribution in [0.25, 0.3) is 0 Å². The highest BCUT2D eigenvalue weighted by molar-refractivity contribution is 14.1. The van der Waals surface area contributed by atoms with Gasteiger partial charge >= 0.3 is 0 Å². The van der Waals surface area contributed by atoms with Gasteiger partial charge in [-0.1, -0.05) is 12.8 Å². The zero-order valence-corrected chi connectivity index (χ0v) is 20.9. The Morgan fingerprint density at radius 3 is 1.74 bits per heavy atom. The Hall–Kier alpha value is -0.570. The first-order chi connectivity index (χ1) is 15.2. The van der Waals surface area contributed by atoms with E-state index in [0.717, 1.165) is 45.3 Å². The van der Waals surface area contributed by atoms with Gasteiger partial charge in [0, 0.05) is 19.7 Å². The first-order valence-corrected chi connectivity index (χ1v) is 11.8. The Balaban J connectivity index is 3.23. The number of carbonyl (C=O) groups is 2. The molecule has 0 spiro atoms. The first-order valence-electron chi connectivity index (χ1n) is 10.9. The average molecular weight is 561 g/mol. The fourth-order valence-corrected chi connectivity index (χ4v) is 2.55. The summed E-state index contributed by atoms with van der Waals surface area (Å²) in [5, 5.41) is 8.62. The van der Waals surface area contributed by atoms with E-state index in [4.69, 9.17) is 22.0 Å². The van der Waals surface area contributed by atoms with E-state index in [0.29, 0.717) is 52.7 Å². The lowest BCUT2D eigenvalue weighted by Gasteiger charge is -2.08. The van der Waals surface area contributed by atoms with Gasteiger partial charge in [-0.25, -0.2) is 0 Å². The molecule has 0 saturated carbocycles. The number of rotatable bonds is 24. The molecule has 0 aromatic carbocycles. The SMILES string of the molecule is CNCCCNC(=O)COCCOCCOCC(=O)NCCCCCCOCCOI. The summed E-state index contributed by atoms with van der Waals surface area (Å²) in [6.07, 6.45) is 4.99. The number of amides is 2. The smallest absolute Gasteiger partial charge is 0.246 e. The van der Waals surface area contributed by atoms with Crippen LogP contribution in [0, 0.1) is 0 Å². The number of unbranched alkanes of at least 4 members (excludes halogenated alkanes) is 3. The highest BCUT2D eigenvalue weighted by Gasteiger charge is 2.02. The number of hydrogen-bond donors (Lipinski definition) is 3. The molecule has 184 valence electrons. The lowest BCUT2D eigenvalue weighted by Crippen LogP contribution is -2.30. The van der Waals surface area contributed by atoms with Crippen LogP contribution in [0.3, 0.4) is 0 Å². The van der Waals surface area contributed by atoms with Crippen molar-refractivity contribution in [1.29, 1.82) is 0 Å². The van der Waals surface area contributed by atoms with Gasteiger partial charge in [-0.3, -0.25) is 9.59 Å². The molecular weight excluding hydrogens is 521 g/mol. The molecule has 0 aromatic rings. The molecule has 0 heterocycles. The van der Waals surface area contributed by atoms with Crippen LogP contribution in [0.15, 0.2) is 0 Å². The Kier molecular flexibility index (Phi) is 25.2. The molecule has 0 radical (unpaired) electrons. The number of nitrogens with one attached hydrogen (secondary N) is 3. The quantitative estimate of drug-likeness (QED) is 0.117. The third-order valence-corrected chi connectivity index (χ3v) is 4.42. The maximum Gasteiger partial charge on any atom is 0.246 e. The zero-order valence-electron chi connectivity index (χ0n) is 18.8. The highest BCUT2D eigenvalue weighted by atomic mass is 127. The number of hydrogen-bond acceptors (Lipinski definition) is 8. The van der Waals surface area contributed by atoms with E-state index in [1.54, 1.807) is 0 Å². The molecule has 0 aliphatic rings. The third-order valence-electron chi connectivity index (χ3n) is 3.98. The maximum atomic E-state index is 11.7. The number of halogens is 1. The van der Waals surface area contributed by atoms with E-state index in [1.165, 1.54) is 0 Å². The first kappa shape index (κ1) is 30.4. The molecule has 0 bridgehead atoms. The van der Waals surface area contributed by atoms with Crippen molar-refractivity contribution >= 4 is 34.8 Å². The molecule has 3 N–H and O–H groups in total. The fourth-order valence-electron chi connectivity index (χ4n) is 2.37. The predicted molar refractivity (Wildman–Crippen MR) is 126 cm³/mol. The maximum absolute atomic E-state index is 11.7. The van der Waals surface area contributed by atoms with Gasteiger partial charge < -0.3 is 38.0 Å². The lowest BCUT2D eigenvalue weighted by molar-refractivity contribution is -0.126. The lowest BCUT2D eigenvalue weighted by atomic mass is 10.2. The summed E-state index contributed by atoms with van der Waals surface area (Å²) in [7, 11) is 1.87. The van der Waals surface area contributed by atoms with Crippen molar-refractivity contribution < 1.29 is 31.6 Å². The fraction of sp³-hybridized carbons (Fsp3) is 0.900. The minimum atomic E-state index is -0.128. The molecule has 2 amide bonds. The van der Waals surface area contributed by atoms with E-state index in [2.05, 4.69) is 16.0 Å². The third kappa shape index (κ3) is 25.6. The summed E-state index contributed by atoms with van der Waals surface area (Å²) < 4.78 is 26.1. The standard InChI is InChI=1S/C20H40IN3O7/c1-22-7-6-9-24-20(26)18-30-14-12-28-11-13-29-17-19(25)23-8-4-2-3-5-10-27-15-16-31-21/h22H,2-18H2,1H3,(H,23,25)(H,24,26). The van der Waals surface area contributed by atoms with E-state index in [-0.39, 0.29) is 25.0 Å². The Morgan fingerprint density at radius 2 is 1.13 bits per heavy atom. The molecule has 0 atom stereocenters. The Labute approximate surface area is 200 Å². The van der Waals surface area contributed by atoms with Gasteiger partial charge in [0.1, 0.15) is 36.2 Å². The largest absolute Gasteiger partial charge is 0.379 e. The molecule has 0 aliphatic heterocycles. The average Bonchev–Trinajstić information content (AvgIpc) is 2.76. The predicted octanol–water partition coefficient (Wildman–Crippen LogP) is 0.822. The number of ether oxygens (including phenoxy) is 4. The zero-order chi connectivity index (χ0) is 22.8. The van der Waals surface area contributed by atoms with Gasteiger partial charge in [-0.05, 0) is 32.9 Å². The van der Waals surface area contributed by atoms with Gasteiger partial charge in [0.2, 0.25) is 11.8 Å². The minimum Gasteiger partial charge on any atom is -0.379 e. The summed E-state index contributed by atoms with van der Waals surface area (Å²) >= 11 is 1.85. The van der Waals surface area contributed by atoms with Gasteiger partial charge in [0.25, 0.3) is 0 Å². The van der Waals surface area contributed by atoms with Crippen molar-refractivity contribution in [2.24, 2.45) is 0 Å². The van der Waals surface area contributed by atoms with Crippen LogP contribution in [0.2, 0.25) is 0 Å². The van der Waals surface area contributed by atoms with Crippen LogP contribution in [0.1, 0.15) is 32.1 Å². The van der Waals surface area contributed by atoms with Crippen LogP contribution >= 0.6 is 23.0 Å². The molecule has 0 rings (SSSR count). The molecule has 0 aromatic heterocycles. The summed E-state index contributed by atoms with van der Waals surface area (Å²) in [6, 6.07) is 0. The van der Waals surface area contributed by atoms with Gasteiger partial charge in [-0.15, -0.1) is 0 Å². The van der Waals surface area contributed by atoms with Gasteiger partial charge in [0.15, 0.2) is 0 Å². The molecule has 31 heavy (non-hydrogen) atoms. The van der Waals surface area contributed by atoms with Crippen molar-refractivity contribution in [1.82, 2.24) is 16.0 Å². The monoisotopic (exact) mass is 561 g/mol. The molecule has 0 saturated heterocycles. The second-order valence-corrected chi connectivity index (χ2v) is 7.34.